The summed E-state index contributed by atoms with van der Waals surface area (Å²) in [5, 5.41) is 0.0315. The molecule has 3 rings (SSSR count). The maximum atomic E-state index is 13.1. The van der Waals surface area contributed by atoms with Crippen molar-refractivity contribution in [2.75, 3.05) is 19.1 Å². The lowest BCUT2D eigenvalue weighted by Gasteiger charge is -2.29. The summed E-state index contributed by atoms with van der Waals surface area (Å²) in [7, 11) is 3.00. The van der Waals surface area contributed by atoms with Gasteiger partial charge in [0.2, 0.25) is 11.8 Å². The normalized spacial score (nSPS) is 11.5. The summed E-state index contributed by atoms with van der Waals surface area (Å²) in [6.45, 7) is 12.2. The number of anilines is 1. The molecule has 3 heterocycles. The van der Waals surface area contributed by atoms with Gasteiger partial charge < -0.3 is 18.6 Å². The molecule has 3 aromatic heterocycles. The molecule has 3 aromatic rings. The molecule has 0 saturated heterocycles. The highest BCUT2D eigenvalue weighted by atomic mass is 32.2. The first-order valence-electron chi connectivity index (χ1n) is 9.89. The van der Waals surface area contributed by atoms with Gasteiger partial charge in [0.05, 0.1) is 32.3 Å². The third-order valence-electron chi connectivity index (χ3n) is 4.45. The second-order valence-electron chi connectivity index (χ2n) is 6.93. The Balaban J connectivity index is 1.85. The van der Waals surface area contributed by atoms with Crippen molar-refractivity contribution in [3.63, 3.8) is 0 Å². The van der Waals surface area contributed by atoms with E-state index in [2.05, 4.69) is 37.8 Å². The van der Waals surface area contributed by atoms with Crippen molar-refractivity contribution in [1.82, 2.24) is 24.7 Å². The van der Waals surface area contributed by atoms with Crippen molar-refractivity contribution in [3.05, 3.63) is 73.0 Å². The minimum atomic E-state index is -0.471. The van der Waals surface area contributed by atoms with Crippen molar-refractivity contribution < 1.29 is 18.3 Å². The number of hydrogen-bond donors (Lipinski definition) is 1. The lowest BCUT2D eigenvalue weighted by Crippen LogP contribution is -2.29. The highest BCUT2D eigenvalue weighted by Gasteiger charge is 2.27. The fourth-order valence-corrected chi connectivity index (χ4v) is 3.59. The van der Waals surface area contributed by atoms with Crippen molar-refractivity contribution >= 4 is 23.3 Å². The zero-order valence-electron chi connectivity index (χ0n) is 18.8. The Morgan fingerprint density at radius 3 is 2.33 bits per heavy atom. The molecule has 1 atom stereocenters. The Morgan fingerprint density at radius 1 is 1.15 bits per heavy atom. The highest BCUT2D eigenvalue weighted by molar-refractivity contribution is 7.98. The van der Waals surface area contributed by atoms with Gasteiger partial charge in [0.15, 0.2) is 11.5 Å². The van der Waals surface area contributed by atoms with Crippen LogP contribution < -0.4 is 19.1 Å². The van der Waals surface area contributed by atoms with Gasteiger partial charge in [0.1, 0.15) is 29.5 Å². The molecule has 0 fully saturated rings. The quantitative estimate of drug-likeness (QED) is 0.410. The fourth-order valence-electron chi connectivity index (χ4n) is 2.93. The molecule has 0 aromatic carbocycles. The number of methoxy groups -OCH3 is 2. The molecule has 174 valence electrons. The Morgan fingerprint density at radius 2 is 1.79 bits per heavy atom. The number of hydrogen-bond acceptors (Lipinski definition) is 10. The SMILES string of the molecule is C=C(NS[C@@H](C)Cc1ncc(F)cn1)N(C(=C)c1ccc(C)o1)c1c(OC)ncnc1OC. The van der Waals surface area contributed by atoms with Crippen LogP contribution in [0.2, 0.25) is 0 Å². The Hall–Kier alpha value is -3.60. The molecule has 0 aliphatic heterocycles. The van der Waals surface area contributed by atoms with Crippen LogP contribution in [0.5, 0.6) is 11.8 Å². The van der Waals surface area contributed by atoms with Gasteiger partial charge in [0, 0.05) is 11.7 Å². The third kappa shape index (κ3) is 5.80. The number of rotatable bonds is 11. The highest BCUT2D eigenvalue weighted by Crippen LogP contribution is 2.40. The van der Waals surface area contributed by atoms with Crippen LogP contribution in [0.4, 0.5) is 10.1 Å². The summed E-state index contributed by atoms with van der Waals surface area (Å²) in [4.78, 5) is 18.1. The van der Waals surface area contributed by atoms with Crippen LogP contribution in [-0.4, -0.2) is 39.4 Å². The summed E-state index contributed by atoms with van der Waals surface area (Å²) in [5.41, 5.74) is 0.885. The van der Waals surface area contributed by atoms with E-state index in [-0.39, 0.29) is 17.0 Å². The molecule has 0 unspecified atom stereocenters. The number of nitrogens with one attached hydrogen (secondary N) is 1. The summed E-state index contributed by atoms with van der Waals surface area (Å²) in [6.07, 6.45) is 4.16. The number of furan rings is 1. The van der Waals surface area contributed by atoms with Crippen LogP contribution >= 0.6 is 11.9 Å². The van der Waals surface area contributed by atoms with Crippen LogP contribution in [0.3, 0.4) is 0 Å². The zero-order valence-corrected chi connectivity index (χ0v) is 19.6. The molecular weight excluding hydrogens is 447 g/mol. The summed E-state index contributed by atoms with van der Waals surface area (Å²) >= 11 is 1.39. The van der Waals surface area contributed by atoms with Gasteiger partial charge in [-0.1, -0.05) is 20.1 Å². The monoisotopic (exact) mass is 472 g/mol. The Kier molecular flexibility index (Phi) is 7.88. The minimum Gasteiger partial charge on any atom is -0.479 e. The maximum Gasteiger partial charge on any atom is 0.245 e. The van der Waals surface area contributed by atoms with E-state index in [9.17, 15) is 4.39 Å². The van der Waals surface area contributed by atoms with Crippen LogP contribution in [0, 0.1) is 12.7 Å². The van der Waals surface area contributed by atoms with E-state index in [4.69, 9.17) is 13.9 Å². The van der Waals surface area contributed by atoms with Crippen LogP contribution in [-0.2, 0) is 6.42 Å². The van der Waals surface area contributed by atoms with E-state index in [0.717, 1.165) is 18.2 Å². The zero-order chi connectivity index (χ0) is 24.0. The molecule has 0 spiro atoms. The lowest BCUT2D eigenvalue weighted by atomic mass is 10.2. The average molecular weight is 473 g/mol. The lowest BCUT2D eigenvalue weighted by molar-refractivity contribution is 0.373. The van der Waals surface area contributed by atoms with Crippen molar-refractivity contribution in [2.24, 2.45) is 0 Å². The van der Waals surface area contributed by atoms with Gasteiger partial charge in [-0.05, 0) is 31.0 Å². The second-order valence-corrected chi connectivity index (χ2v) is 8.18. The van der Waals surface area contributed by atoms with E-state index < -0.39 is 5.82 Å². The van der Waals surface area contributed by atoms with E-state index >= 15 is 0 Å². The summed E-state index contributed by atoms with van der Waals surface area (Å²) in [5.74, 6) is 2.31. The molecule has 0 radical (unpaired) electrons. The molecule has 0 bridgehead atoms. The van der Waals surface area contributed by atoms with Crippen molar-refractivity contribution in [2.45, 2.75) is 25.5 Å². The number of halogens is 1. The topological polar surface area (TPSA) is 98.4 Å². The predicted octanol–water partition coefficient (Wildman–Crippen LogP) is 4.14. The smallest absolute Gasteiger partial charge is 0.245 e. The number of nitrogens with zero attached hydrogens (tertiary/aromatic N) is 5. The number of ether oxygens (including phenoxy) is 2. The van der Waals surface area contributed by atoms with Crippen molar-refractivity contribution in [1.29, 1.82) is 0 Å². The first-order valence-corrected chi connectivity index (χ1v) is 10.8. The average Bonchev–Trinajstić information content (AvgIpc) is 3.25. The molecule has 0 saturated carbocycles. The Bertz CT molecular complexity index is 1100. The van der Waals surface area contributed by atoms with Gasteiger partial charge in [-0.25, -0.2) is 14.4 Å². The standard InChI is InChI=1S/C22H25FN6O3S/c1-13-7-8-18(32-13)15(3)29(20-21(30-5)26-12-27-22(20)31-6)16(4)28-33-14(2)9-19-24-10-17(23)11-25-19/h7-8,10-12,14,28H,3-4,9H2,1-2,5-6H3/t14-/m0/s1. The summed E-state index contributed by atoms with van der Waals surface area (Å²) < 4.78 is 33.0. The summed E-state index contributed by atoms with van der Waals surface area (Å²) in [6, 6.07) is 3.65. The molecule has 0 aliphatic rings. The third-order valence-corrected chi connectivity index (χ3v) is 5.37. The van der Waals surface area contributed by atoms with Crippen molar-refractivity contribution in [3.8, 4) is 11.8 Å². The van der Waals surface area contributed by atoms with Gasteiger partial charge in [-0.2, -0.15) is 9.97 Å². The molecule has 11 heteroatoms. The molecular formula is C22H25FN6O3S. The first-order chi connectivity index (χ1) is 15.8. The number of aryl methyl sites for hydroxylation is 1. The minimum absolute atomic E-state index is 0.0315. The van der Waals surface area contributed by atoms with Crippen LogP contribution in [0.25, 0.3) is 5.70 Å². The van der Waals surface area contributed by atoms with Gasteiger partial charge in [0.25, 0.3) is 0 Å². The second kappa shape index (κ2) is 10.8. The maximum absolute atomic E-state index is 13.1. The van der Waals surface area contributed by atoms with Gasteiger partial charge >= 0.3 is 0 Å². The Labute approximate surface area is 195 Å². The molecule has 9 nitrogen and oxygen atoms in total. The molecule has 1 N–H and O–H groups in total. The van der Waals surface area contributed by atoms with Gasteiger partial charge in [-0.3, -0.25) is 4.90 Å². The first kappa shape index (κ1) is 24.1. The fraction of sp³-hybridized carbons (Fsp3) is 0.273. The number of aromatic nitrogens is 4. The van der Waals surface area contributed by atoms with Crippen LogP contribution in [0.1, 0.15) is 24.3 Å². The van der Waals surface area contributed by atoms with E-state index in [1.807, 2.05) is 26.0 Å². The molecule has 0 amide bonds. The molecule has 33 heavy (non-hydrogen) atoms. The predicted molar refractivity (Wildman–Crippen MR) is 125 cm³/mol. The largest absolute Gasteiger partial charge is 0.479 e. The van der Waals surface area contributed by atoms with E-state index in [1.54, 1.807) is 4.90 Å². The van der Waals surface area contributed by atoms with Crippen LogP contribution in [0.15, 0.2) is 54.2 Å². The van der Waals surface area contributed by atoms with Gasteiger partial charge in [-0.15, -0.1) is 0 Å². The molecule has 0 aliphatic carbocycles. The van der Waals surface area contributed by atoms with E-state index in [1.165, 1.54) is 32.5 Å². The van der Waals surface area contributed by atoms with E-state index in [0.29, 0.717) is 35.2 Å².